The van der Waals surface area contributed by atoms with Gasteiger partial charge in [0.05, 0.1) is 0 Å². The van der Waals surface area contributed by atoms with Gasteiger partial charge in [-0.05, 0) is 55.4 Å². The summed E-state index contributed by atoms with van der Waals surface area (Å²) in [7, 11) is 0. The maximum atomic E-state index is 6.22. The molecular formula is C13H19N. The monoisotopic (exact) mass is 189 g/mol. The maximum Gasteiger partial charge on any atom is 0.0300 e. The van der Waals surface area contributed by atoms with Gasteiger partial charge in [0.25, 0.3) is 0 Å². The van der Waals surface area contributed by atoms with Crippen LogP contribution >= 0.6 is 0 Å². The Hall–Kier alpha value is -0.820. The van der Waals surface area contributed by atoms with Gasteiger partial charge in [-0.2, -0.15) is 0 Å². The van der Waals surface area contributed by atoms with E-state index < -0.39 is 0 Å². The molecule has 0 heterocycles. The quantitative estimate of drug-likeness (QED) is 0.624. The molecule has 0 saturated heterocycles. The summed E-state index contributed by atoms with van der Waals surface area (Å²) in [5.41, 5.74) is 12.0. The Morgan fingerprint density at radius 2 is 1.86 bits per heavy atom. The first kappa shape index (κ1) is 9.72. The highest BCUT2D eigenvalue weighted by Gasteiger charge is 2.18. The molecule has 1 aliphatic carbocycles. The van der Waals surface area contributed by atoms with E-state index >= 15 is 0 Å². The highest BCUT2D eigenvalue weighted by molar-refractivity contribution is 5.42. The van der Waals surface area contributed by atoms with Crippen molar-refractivity contribution in [3.63, 3.8) is 0 Å². The highest BCUT2D eigenvalue weighted by atomic mass is 14.6. The molecule has 0 bridgehead atoms. The Morgan fingerprint density at radius 1 is 1.14 bits per heavy atom. The first-order valence-corrected chi connectivity index (χ1v) is 5.54. The lowest BCUT2D eigenvalue weighted by atomic mass is 9.91. The van der Waals surface area contributed by atoms with Gasteiger partial charge in [-0.3, -0.25) is 0 Å². The third-order valence-corrected chi connectivity index (χ3v) is 3.37. The first-order valence-electron chi connectivity index (χ1n) is 5.54. The van der Waals surface area contributed by atoms with Gasteiger partial charge in [-0.1, -0.05) is 18.6 Å². The van der Waals surface area contributed by atoms with Crippen molar-refractivity contribution in [2.45, 2.75) is 45.6 Å². The minimum absolute atomic E-state index is 0.271. The van der Waals surface area contributed by atoms with Crippen LogP contribution in [0.2, 0.25) is 0 Å². The zero-order valence-electron chi connectivity index (χ0n) is 9.14. The van der Waals surface area contributed by atoms with Crippen LogP contribution in [-0.2, 0) is 6.42 Å². The van der Waals surface area contributed by atoms with Crippen LogP contribution in [0.25, 0.3) is 0 Å². The predicted molar refractivity (Wildman–Crippen MR) is 60.4 cm³/mol. The van der Waals surface area contributed by atoms with Gasteiger partial charge in [-0.25, -0.2) is 0 Å². The minimum Gasteiger partial charge on any atom is -0.324 e. The number of aryl methyl sites for hydroxylation is 2. The molecule has 0 saturated carbocycles. The molecule has 1 aliphatic rings. The van der Waals surface area contributed by atoms with Gasteiger partial charge in [-0.15, -0.1) is 0 Å². The summed E-state index contributed by atoms with van der Waals surface area (Å²) in [6.07, 6.45) is 4.94. The summed E-state index contributed by atoms with van der Waals surface area (Å²) in [5, 5.41) is 0. The second kappa shape index (κ2) is 3.74. The van der Waals surface area contributed by atoms with Crippen LogP contribution in [0.4, 0.5) is 0 Å². The minimum atomic E-state index is 0.271. The van der Waals surface area contributed by atoms with E-state index in [1.807, 2.05) is 0 Å². The van der Waals surface area contributed by atoms with Crippen molar-refractivity contribution in [1.82, 2.24) is 0 Å². The Morgan fingerprint density at radius 3 is 2.64 bits per heavy atom. The number of nitrogens with two attached hydrogens (primary N) is 1. The van der Waals surface area contributed by atoms with Crippen molar-refractivity contribution in [1.29, 1.82) is 0 Å². The molecule has 0 unspecified atom stereocenters. The Balaban J connectivity index is 2.57. The fourth-order valence-corrected chi connectivity index (χ4v) is 2.55. The largest absolute Gasteiger partial charge is 0.324 e. The van der Waals surface area contributed by atoms with E-state index in [9.17, 15) is 0 Å². The molecule has 1 aromatic rings. The van der Waals surface area contributed by atoms with Crippen LogP contribution in [0.1, 0.15) is 47.6 Å². The molecule has 0 spiro atoms. The zero-order chi connectivity index (χ0) is 10.1. The molecule has 0 aliphatic heterocycles. The van der Waals surface area contributed by atoms with Crippen molar-refractivity contribution < 1.29 is 0 Å². The van der Waals surface area contributed by atoms with Gasteiger partial charge in [0.1, 0.15) is 0 Å². The summed E-state index contributed by atoms with van der Waals surface area (Å²) in [6.45, 7) is 4.39. The first-order chi connectivity index (χ1) is 6.70. The van der Waals surface area contributed by atoms with Crippen LogP contribution in [0.15, 0.2) is 12.1 Å². The average molecular weight is 189 g/mol. The van der Waals surface area contributed by atoms with Crippen molar-refractivity contribution in [3.05, 3.63) is 34.4 Å². The topological polar surface area (TPSA) is 26.0 Å². The fraction of sp³-hybridized carbons (Fsp3) is 0.538. The van der Waals surface area contributed by atoms with E-state index in [0.29, 0.717) is 0 Å². The number of hydrogen-bond donors (Lipinski definition) is 1. The van der Waals surface area contributed by atoms with Crippen LogP contribution in [0.5, 0.6) is 0 Å². The van der Waals surface area contributed by atoms with Crippen LogP contribution < -0.4 is 5.73 Å². The van der Waals surface area contributed by atoms with E-state index in [0.717, 1.165) is 6.42 Å². The molecule has 1 atom stereocenters. The van der Waals surface area contributed by atoms with E-state index in [4.69, 9.17) is 5.73 Å². The molecule has 1 nitrogen and oxygen atoms in total. The van der Waals surface area contributed by atoms with Crippen LogP contribution in [-0.4, -0.2) is 0 Å². The normalized spacial score (nSPS) is 21.5. The molecule has 0 radical (unpaired) electrons. The number of benzene rings is 1. The maximum absolute atomic E-state index is 6.22. The third-order valence-electron chi connectivity index (χ3n) is 3.37. The third kappa shape index (κ3) is 1.57. The lowest BCUT2D eigenvalue weighted by molar-refractivity contribution is 0.613. The SMILES string of the molecule is Cc1ccc(C)c2c1CCCC[C@@H]2N. The second-order valence-corrected chi connectivity index (χ2v) is 4.44. The molecule has 2 rings (SSSR count). The summed E-state index contributed by atoms with van der Waals surface area (Å²) < 4.78 is 0. The molecule has 0 aromatic heterocycles. The molecule has 14 heavy (non-hydrogen) atoms. The standard InChI is InChI=1S/C13H19N/c1-9-7-8-10(2)13-11(9)5-3-4-6-12(13)14/h7-8,12H,3-6,14H2,1-2H3/t12-/m0/s1. The van der Waals surface area contributed by atoms with Gasteiger partial charge in [0.15, 0.2) is 0 Å². The van der Waals surface area contributed by atoms with Crippen molar-refractivity contribution >= 4 is 0 Å². The van der Waals surface area contributed by atoms with E-state index in [-0.39, 0.29) is 6.04 Å². The molecule has 1 heteroatoms. The number of fused-ring (bicyclic) bond motifs is 1. The Labute approximate surface area is 86.3 Å². The highest BCUT2D eigenvalue weighted by Crippen LogP contribution is 2.31. The lowest BCUT2D eigenvalue weighted by Crippen LogP contribution is -2.12. The fourth-order valence-electron chi connectivity index (χ4n) is 2.55. The summed E-state index contributed by atoms with van der Waals surface area (Å²) in [6, 6.07) is 4.71. The number of rotatable bonds is 0. The van der Waals surface area contributed by atoms with Crippen LogP contribution in [0, 0.1) is 13.8 Å². The Kier molecular flexibility index (Phi) is 2.60. The van der Waals surface area contributed by atoms with E-state index in [1.165, 1.54) is 41.5 Å². The molecule has 0 fully saturated rings. The molecule has 2 N–H and O–H groups in total. The van der Waals surface area contributed by atoms with Gasteiger partial charge in [0, 0.05) is 6.04 Å². The Bertz CT molecular complexity index is 341. The lowest BCUT2D eigenvalue weighted by Gasteiger charge is -2.17. The molecule has 76 valence electrons. The predicted octanol–water partition coefficient (Wildman–Crippen LogP) is 3.03. The summed E-state index contributed by atoms with van der Waals surface area (Å²) in [5.74, 6) is 0. The summed E-state index contributed by atoms with van der Waals surface area (Å²) >= 11 is 0. The molecule has 0 amide bonds. The molecular weight excluding hydrogens is 170 g/mol. The molecule has 1 aromatic carbocycles. The average Bonchev–Trinajstić information content (AvgIpc) is 2.35. The van der Waals surface area contributed by atoms with Gasteiger partial charge < -0.3 is 5.73 Å². The van der Waals surface area contributed by atoms with E-state index in [1.54, 1.807) is 0 Å². The van der Waals surface area contributed by atoms with Gasteiger partial charge in [0.2, 0.25) is 0 Å². The van der Waals surface area contributed by atoms with E-state index in [2.05, 4.69) is 26.0 Å². The van der Waals surface area contributed by atoms with Crippen molar-refractivity contribution in [2.75, 3.05) is 0 Å². The van der Waals surface area contributed by atoms with Gasteiger partial charge >= 0.3 is 0 Å². The van der Waals surface area contributed by atoms with Crippen molar-refractivity contribution in [2.24, 2.45) is 5.73 Å². The van der Waals surface area contributed by atoms with Crippen LogP contribution in [0.3, 0.4) is 0 Å². The zero-order valence-corrected chi connectivity index (χ0v) is 9.14. The number of hydrogen-bond acceptors (Lipinski definition) is 1. The second-order valence-electron chi connectivity index (χ2n) is 4.44. The van der Waals surface area contributed by atoms with Crippen molar-refractivity contribution in [3.8, 4) is 0 Å². The smallest absolute Gasteiger partial charge is 0.0300 e. The summed E-state index contributed by atoms with van der Waals surface area (Å²) in [4.78, 5) is 0.